The minimum atomic E-state index is -0.531. The maximum absolute atomic E-state index is 12.2. The molecule has 12 nitrogen and oxygen atoms in total. The quantitative estimate of drug-likeness (QED) is 0.0208. The molecule has 12 heteroatoms. The highest BCUT2D eigenvalue weighted by Crippen LogP contribution is 2.33. The molecule has 0 fully saturated rings. The van der Waals surface area contributed by atoms with Crippen LogP contribution in [-0.4, -0.2) is 67.0 Å². The Bertz CT molecular complexity index is 2270. The van der Waals surface area contributed by atoms with Gasteiger partial charge >= 0.3 is 17.9 Å². The number of carbonyl (C=O) groups excluding carboxylic acids is 6. The molecular formula is C66H96N2O10. The summed E-state index contributed by atoms with van der Waals surface area (Å²) in [5.74, 6) is 1.68. The molecule has 2 heterocycles. The third-order valence-electron chi connectivity index (χ3n) is 14.7. The van der Waals surface area contributed by atoms with E-state index in [4.69, 9.17) is 18.6 Å². The van der Waals surface area contributed by atoms with Crippen molar-refractivity contribution >= 4 is 35.8 Å². The lowest BCUT2D eigenvalue weighted by molar-refractivity contribution is -0.156. The fourth-order valence-corrected chi connectivity index (χ4v) is 7.06. The minimum Gasteiger partial charge on any atom is -0.466 e. The Hall–Kier alpha value is -6.39. The minimum absolute atomic E-state index is 0.0697. The number of rotatable bonds is 20. The van der Waals surface area contributed by atoms with E-state index in [1.165, 1.54) is 46.9 Å². The first-order chi connectivity index (χ1) is 37.0. The summed E-state index contributed by atoms with van der Waals surface area (Å²) < 4.78 is 20.3. The first-order valence-corrected chi connectivity index (χ1v) is 28.3. The van der Waals surface area contributed by atoms with Crippen LogP contribution in [0.5, 0.6) is 0 Å². The van der Waals surface area contributed by atoms with Gasteiger partial charge in [0.1, 0.15) is 25.6 Å². The lowest BCUT2D eigenvalue weighted by Crippen LogP contribution is -2.36. The summed E-state index contributed by atoms with van der Waals surface area (Å²) in [6.45, 7) is 31.0. The van der Waals surface area contributed by atoms with Crippen molar-refractivity contribution in [2.24, 2.45) is 21.2 Å². The van der Waals surface area contributed by atoms with Crippen molar-refractivity contribution in [1.29, 1.82) is 0 Å². The number of amides is 2. The van der Waals surface area contributed by atoms with E-state index in [1.807, 2.05) is 62.3 Å². The molecule has 4 aromatic rings. The van der Waals surface area contributed by atoms with Gasteiger partial charge in [-0.05, 0) is 152 Å². The number of hydrogen-bond donors (Lipinski definition) is 0. The standard InChI is InChI=1S/C16H23NO4.C11H16O3.3C10H14.C9H15NO3/c1-4-16(2,3)15(20)21-10-9-17-13(18)11-7-5-6-8-12(11)14(17)19;1-4-11(2,3)10(12)14-8-9-6-5-7-13-9;3*1-3-9(2)10-7-5-4-6-8-10;1-4-9(2,3)8(12)13-6-5-10-7-11/h4-10H2,1-3H3;5-7H,4,8H2,1-3H3;3*4-9H,3H2,1-2H3;4-6H2,1-3H3. The van der Waals surface area contributed by atoms with Gasteiger partial charge in [-0.3, -0.25) is 28.9 Å². The number of nitrogens with zero attached hydrogens (tertiary/aromatic N) is 2. The summed E-state index contributed by atoms with van der Waals surface area (Å²) in [5, 5.41) is 0. The Kier molecular flexibility index (Phi) is 33.4. The van der Waals surface area contributed by atoms with Crippen molar-refractivity contribution in [2.75, 3.05) is 26.3 Å². The Labute approximate surface area is 469 Å². The van der Waals surface area contributed by atoms with Crippen molar-refractivity contribution in [1.82, 2.24) is 4.90 Å². The zero-order valence-corrected chi connectivity index (χ0v) is 50.2. The van der Waals surface area contributed by atoms with Crippen molar-refractivity contribution in [3.8, 4) is 0 Å². The molecule has 0 bridgehead atoms. The van der Waals surface area contributed by atoms with Gasteiger partial charge in [-0.15, -0.1) is 0 Å². The number of hydrogen-bond acceptors (Lipinski definition) is 11. The molecule has 3 aromatic carbocycles. The smallest absolute Gasteiger partial charge is 0.311 e. The number of isocyanates is 1. The molecule has 0 saturated carbocycles. The predicted octanol–water partition coefficient (Wildman–Crippen LogP) is 15.9. The number of benzene rings is 3. The molecular weight excluding hydrogens is 981 g/mol. The Morgan fingerprint density at radius 1 is 0.551 bits per heavy atom. The number of furan rings is 1. The Morgan fingerprint density at radius 2 is 0.910 bits per heavy atom. The van der Waals surface area contributed by atoms with Crippen LogP contribution in [0.15, 0.2) is 130 Å². The molecule has 0 radical (unpaired) electrons. The lowest BCUT2D eigenvalue weighted by Gasteiger charge is -2.21. The molecule has 2 amide bonds. The summed E-state index contributed by atoms with van der Waals surface area (Å²) in [5.41, 5.74) is 4.30. The average Bonchev–Trinajstić information content (AvgIpc) is 4.09. The van der Waals surface area contributed by atoms with Crippen LogP contribution in [-0.2, 0) is 49.6 Å². The van der Waals surface area contributed by atoms with Gasteiger partial charge in [0, 0.05) is 11.1 Å². The second kappa shape index (κ2) is 37.4. The van der Waals surface area contributed by atoms with Gasteiger partial charge in [0.25, 0.3) is 11.8 Å². The molecule has 3 atom stereocenters. The van der Waals surface area contributed by atoms with E-state index in [9.17, 15) is 28.8 Å². The number of aliphatic imine (C=N–C) groups is 1. The van der Waals surface area contributed by atoms with Crippen molar-refractivity contribution in [2.45, 2.75) is 192 Å². The topological polar surface area (TPSA) is 159 Å². The van der Waals surface area contributed by atoms with Crippen LogP contribution in [0.1, 0.15) is 208 Å². The maximum Gasteiger partial charge on any atom is 0.311 e. The molecule has 3 unspecified atom stereocenters. The lowest BCUT2D eigenvalue weighted by atomic mass is 9.91. The second-order valence-electron chi connectivity index (χ2n) is 21.7. The molecule has 1 aliphatic carbocycles. The van der Waals surface area contributed by atoms with Crippen molar-refractivity contribution in [3.05, 3.63) is 143 Å². The van der Waals surface area contributed by atoms with Gasteiger partial charge in [-0.2, -0.15) is 0 Å². The van der Waals surface area contributed by atoms with E-state index in [0.717, 1.165) is 25.7 Å². The molecule has 78 heavy (non-hydrogen) atoms. The molecule has 6 rings (SSSR count). The van der Waals surface area contributed by atoms with E-state index < -0.39 is 16.2 Å². The van der Waals surface area contributed by atoms with Crippen LogP contribution in [0, 0.1) is 16.2 Å². The zero-order valence-electron chi connectivity index (χ0n) is 50.2. The third-order valence-corrected chi connectivity index (χ3v) is 14.7. The van der Waals surface area contributed by atoms with Crippen molar-refractivity contribution in [3.63, 3.8) is 0 Å². The van der Waals surface area contributed by atoms with Crippen LogP contribution in [0.25, 0.3) is 0 Å². The maximum atomic E-state index is 12.2. The largest absolute Gasteiger partial charge is 0.466 e. The summed E-state index contributed by atoms with van der Waals surface area (Å²) in [7, 11) is 0. The SMILES string of the molecule is CCC(C)(C)C(=O)OCCN1C(=O)C2=C(CCCC2)C1=O.CCC(C)(C)C(=O)OCCN=C=O.CCC(C)(C)C(=O)OCc1ccco1.CCC(C)c1ccccc1.CCC(C)c1ccccc1.CCC(C)c1ccccc1. The molecule has 0 saturated heterocycles. The highest BCUT2D eigenvalue weighted by atomic mass is 16.5. The third kappa shape index (κ3) is 25.4. The van der Waals surface area contributed by atoms with Gasteiger partial charge in [-0.25, -0.2) is 9.79 Å². The normalized spacial score (nSPS) is 13.9. The first-order valence-electron chi connectivity index (χ1n) is 28.3. The fraction of sp³-hybridized carbons (Fsp3) is 0.545. The van der Waals surface area contributed by atoms with Crippen LogP contribution in [0.3, 0.4) is 0 Å². The van der Waals surface area contributed by atoms with Crippen molar-refractivity contribution < 1.29 is 47.4 Å². The Balaban J connectivity index is 0.000000480. The van der Waals surface area contributed by atoms with Crippen LogP contribution < -0.4 is 0 Å². The second-order valence-corrected chi connectivity index (χ2v) is 21.7. The molecule has 2 aliphatic rings. The molecule has 1 aliphatic heterocycles. The summed E-state index contributed by atoms with van der Waals surface area (Å²) in [4.78, 5) is 73.2. The number of esters is 3. The molecule has 0 spiro atoms. The monoisotopic (exact) mass is 1080 g/mol. The number of ether oxygens (including phenoxy) is 3. The summed E-state index contributed by atoms with van der Waals surface area (Å²) in [6, 6.07) is 35.5. The van der Waals surface area contributed by atoms with Gasteiger partial charge in [0.05, 0.1) is 35.6 Å². The molecule has 430 valence electrons. The van der Waals surface area contributed by atoms with E-state index in [2.05, 4.69) is 138 Å². The average molecular weight is 1080 g/mol. The highest BCUT2D eigenvalue weighted by Gasteiger charge is 2.39. The van der Waals surface area contributed by atoms with E-state index in [-0.39, 0.29) is 62.6 Å². The van der Waals surface area contributed by atoms with Crippen LogP contribution in [0.2, 0.25) is 0 Å². The highest BCUT2D eigenvalue weighted by molar-refractivity contribution is 6.19. The van der Waals surface area contributed by atoms with Gasteiger partial charge in [0.2, 0.25) is 6.08 Å². The van der Waals surface area contributed by atoms with E-state index >= 15 is 0 Å². The zero-order chi connectivity index (χ0) is 58.7. The predicted molar refractivity (Wildman–Crippen MR) is 313 cm³/mol. The van der Waals surface area contributed by atoms with E-state index in [0.29, 0.717) is 53.9 Å². The molecule has 1 aromatic heterocycles. The van der Waals surface area contributed by atoms with Gasteiger partial charge < -0.3 is 18.6 Å². The fourth-order valence-electron chi connectivity index (χ4n) is 7.06. The number of imide groups is 1. The van der Waals surface area contributed by atoms with Gasteiger partial charge in [0.15, 0.2) is 0 Å². The van der Waals surface area contributed by atoms with Crippen LogP contribution >= 0.6 is 0 Å². The van der Waals surface area contributed by atoms with Crippen LogP contribution in [0.4, 0.5) is 0 Å². The Morgan fingerprint density at radius 3 is 1.23 bits per heavy atom. The summed E-state index contributed by atoms with van der Waals surface area (Å²) >= 11 is 0. The first kappa shape index (κ1) is 69.6. The summed E-state index contributed by atoms with van der Waals surface area (Å²) in [6.07, 6.45) is 12.1. The van der Waals surface area contributed by atoms with E-state index in [1.54, 1.807) is 18.4 Å². The number of carbonyl (C=O) groups is 5. The molecule has 0 N–H and O–H groups in total. The van der Waals surface area contributed by atoms with Gasteiger partial charge in [-0.1, -0.05) is 153 Å².